The van der Waals surface area contributed by atoms with Crippen molar-refractivity contribution >= 4 is 22.4 Å². The number of fused-ring (bicyclic) bond motifs is 1. The van der Waals surface area contributed by atoms with E-state index in [2.05, 4.69) is 10.3 Å². The Hall–Kier alpha value is -1.69. The van der Waals surface area contributed by atoms with Crippen molar-refractivity contribution in [2.75, 3.05) is 5.75 Å². The molecule has 23 heavy (non-hydrogen) atoms. The molecular weight excluding hydrogens is 310 g/mol. The van der Waals surface area contributed by atoms with Gasteiger partial charge in [0, 0.05) is 40.9 Å². The van der Waals surface area contributed by atoms with Crippen molar-refractivity contribution in [3.8, 4) is 0 Å². The van der Waals surface area contributed by atoms with Crippen LogP contribution in [-0.4, -0.2) is 31.3 Å². The van der Waals surface area contributed by atoms with E-state index in [4.69, 9.17) is 0 Å². The minimum atomic E-state index is -1.06. The molecule has 1 fully saturated rings. The Labute approximate surface area is 138 Å². The Kier molecular flexibility index (Phi) is 5.10. The van der Waals surface area contributed by atoms with Crippen LogP contribution >= 0.6 is 0 Å². The standard InChI is InChI=1S/C17H23N3O2S/c1-13-5-4-8-16-18-15(11-20(13)16)12-23(22)10-9-17(21)19-14-6-2-3-7-14/h4-5,8,11,14H,2-3,6-7,9-10,12H2,1H3,(H,19,21). The molecule has 124 valence electrons. The number of aromatic nitrogens is 2. The fraction of sp³-hybridized carbons (Fsp3) is 0.529. The summed E-state index contributed by atoms with van der Waals surface area (Å²) >= 11 is 0. The van der Waals surface area contributed by atoms with Crippen LogP contribution < -0.4 is 5.32 Å². The first-order valence-corrected chi connectivity index (χ1v) is 9.68. The topological polar surface area (TPSA) is 63.5 Å². The summed E-state index contributed by atoms with van der Waals surface area (Å²) in [5.74, 6) is 0.819. The summed E-state index contributed by atoms with van der Waals surface area (Å²) in [6, 6.07) is 6.25. The van der Waals surface area contributed by atoms with E-state index in [9.17, 15) is 9.00 Å². The van der Waals surface area contributed by atoms with E-state index in [1.54, 1.807) is 0 Å². The highest BCUT2D eigenvalue weighted by molar-refractivity contribution is 7.84. The van der Waals surface area contributed by atoms with Gasteiger partial charge in [0.1, 0.15) is 5.65 Å². The third kappa shape index (κ3) is 4.19. The first-order valence-electron chi connectivity index (χ1n) is 8.20. The average Bonchev–Trinajstić information content (AvgIpc) is 3.15. The zero-order chi connectivity index (χ0) is 16.2. The number of aryl methyl sites for hydroxylation is 1. The maximum atomic E-state index is 12.2. The largest absolute Gasteiger partial charge is 0.353 e. The quantitative estimate of drug-likeness (QED) is 0.882. The maximum absolute atomic E-state index is 12.2. The van der Waals surface area contributed by atoms with Gasteiger partial charge in [0.15, 0.2) is 0 Å². The highest BCUT2D eigenvalue weighted by atomic mass is 32.2. The lowest BCUT2D eigenvalue weighted by atomic mass is 10.2. The van der Waals surface area contributed by atoms with Gasteiger partial charge in [-0.15, -0.1) is 0 Å². The Morgan fingerprint density at radius 3 is 2.91 bits per heavy atom. The fourth-order valence-electron chi connectivity index (χ4n) is 3.08. The molecule has 2 aromatic rings. The van der Waals surface area contributed by atoms with E-state index in [0.717, 1.165) is 29.9 Å². The highest BCUT2D eigenvalue weighted by Gasteiger charge is 2.17. The van der Waals surface area contributed by atoms with E-state index < -0.39 is 10.8 Å². The Morgan fingerprint density at radius 2 is 2.17 bits per heavy atom. The van der Waals surface area contributed by atoms with Gasteiger partial charge in [0.25, 0.3) is 0 Å². The molecule has 1 unspecified atom stereocenters. The Morgan fingerprint density at radius 1 is 1.39 bits per heavy atom. The van der Waals surface area contributed by atoms with Crippen LogP contribution in [0.3, 0.4) is 0 Å². The van der Waals surface area contributed by atoms with Crippen LogP contribution in [0.1, 0.15) is 43.5 Å². The first kappa shape index (κ1) is 16.2. The van der Waals surface area contributed by atoms with Crippen LogP contribution in [-0.2, 0) is 21.3 Å². The number of hydrogen-bond acceptors (Lipinski definition) is 3. The van der Waals surface area contributed by atoms with Gasteiger partial charge in [-0.05, 0) is 31.9 Å². The molecule has 0 radical (unpaired) electrons. The van der Waals surface area contributed by atoms with Crippen molar-refractivity contribution in [3.63, 3.8) is 0 Å². The number of pyridine rings is 1. The zero-order valence-corrected chi connectivity index (χ0v) is 14.3. The average molecular weight is 333 g/mol. The second-order valence-electron chi connectivity index (χ2n) is 6.21. The number of rotatable bonds is 6. The summed E-state index contributed by atoms with van der Waals surface area (Å²) in [6.07, 6.45) is 6.82. The zero-order valence-electron chi connectivity index (χ0n) is 13.5. The summed E-state index contributed by atoms with van der Waals surface area (Å²) in [4.78, 5) is 16.4. The molecule has 1 aliphatic carbocycles. The minimum absolute atomic E-state index is 0.0242. The molecule has 0 bridgehead atoms. The van der Waals surface area contributed by atoms with Gasteiger partial charge >= 0.3 is 0 Å². The molecule has 1 N–H and O–H groups in total. The summed E-state index contributed by atoms with van der Waals surface area (Å²) in [5, 5.41) is 3.03. The predicted molar refractivity (Wildman–Crippen MR) is 91.7 cm³/mol. The second kappa shape index (κ2) is 7.25. The number of carbonyl (C=O) groups excluding carboxylic acids is 1. The van der Waals surface area contributed by atoms with Gasteiger partial charge < -0.3 is 9.72 Å². The normalized spacial score (nSPS) is 16.7. The van der Waals surface area contributed by atoms with E-state index in [-0.39, 0.29) is 5.91 Å². The molecule has 0 aliphatic heterocycles. The predicted octanol–water partition coefficient (Wildman–Crippen LogP) is 2.34. The number of hydrogen-bond donors (Lipinski definition) is 1. The van der Waals surface area contributed by atoms with Crippen molar-refractivity contribution < 1.29 is 9.00 Å². The van der Waals surface area contributed by atoms with Gasteiger partial charge in [0.05, 0.1) is 11.4 Å². The van der Waals surface area contributed by atoms with Crippen LogP contribution in [0.2, 0.25) is 0 Å². The lowest BCUT2D eigenvalue weighted by Gasteiger charge is -2.11. The van der Waals surface area contributed by atoms with Crippen molar-refractivity contribution in [1.29, 1.82) is 0 Å². The molecule has 0 spiro atoms. The lowest BCUT2D eigenvalue weighted by molar-refractivity contribution is -0.121. The number of carbonyl (C=O) groups is 1. The van der Waals surface area contributed by atoms with Crippen LogP contribution in [0, 0.1) is 6.92 Å². The van der Waals surface area contributed by atoms with E-state index in [1.165, 1.54) is 12.8 Å². The Balaban J connectivity index is 1.50. The smallest absolute Gasteiger partial charge is 0.221 e. The maximum Gasteiger partial charge on any atom is 0.221 e. The van der Waals surface area contributed by atoms with Crippen LogP contribution in [0.15, 0.2) is 24.4 Å². The van der Waals surface area contributed by atoms with Crippen LogP contribution in [0.4, 0.5) is 0 Å². The molecule has 6 heteroatoms. The fourth-order valence-corrected chi connectivity index (χ4v) is 4.11. The first-order chi connectivity index (χ1) is 11.1. The molecular formula is C17H23N3O2S. The van der Waals surface area contributed by atoms with Crippen molar-refractivity contribution in [2.24, 2.45) is 0 Å². The summed E-state index contributed by atoms with van der Waals surface area (Å²) < 4.78 is 14.2. The SMILES string of the molecule is Cc1cccc2nc(CS(=O)CCC(=O)NC3CCCC3)cn12. The van der Waals surface area contributed by atoms with Gasteiger partial charge in [-0.3, -0.25) is 9.00 Å². The summed E-state index contributed by atoms with van der Waals surface area (Å²) in [6.45, 7) is 2.02. The number of imidazole rings is 1. The molecule has 3 rings (SSSR count). The molecule has 1 aliphatic rings. The molecule has 0 aromatic carbocycles. The van der Waals surface area contributed by atoms with Crippen LogP contribution in [0.25, 0.3) is 5.65 Å². The molecule has 5 nitrogen and oxygen atoms in total. The third-order valence-corrected chi connectivity index (χ3v) is 5.61. The number of amides is 1. The van der Waals surface area contributed by atoms with Crippen molar-refractivity contribution in [3.05, 3.63) is 35.8 Å². The second-order valence-corrected chi connectivity index (χ2v) is 7.79. The van der Waals surface area contributed by atoms with Gasteiger partial charge in [-0.25, -0.2) is 4.98 Å². The van der Waals surface area contributed by atoms with Gasteiger partial charge in [-0.2, -0.15) is 0 Å². The van der Waals surface area contributed by atoms with E-state index in [1.807, 2.05) is 35.7 Å². The minimum Gasteiger partial charge on any atom is -0.353 e. The summed E-state index contributed by atoms with van der Waals surface area (Å²) in [5.41, 5.74) is 2.78. The molecule has 2 heterocycles. The molecule has 1 amide bonds. The highest BCUT2D eigenvalue weighted by Crippen LogP contribution is 2.17. The van der Waals surface area contributed by atoms with Gasteiger partial charge in [0.2, 0.25) is 5.91 Å². The monoisotopic (exact) mass is 333 g/mol. The van der Waals surface area contributed by atoms with E-state index in [0.29, 0.717) is 24.0 Å². The van der Waals surface area contributed by atoms with Crippen LogP contribution in [0.5, 0.6) is 0 Å². The van der Waals surface area contributed by atoms with E-state index >= 15 is 0 Å². The van der Waals surface area contributed by atoms with Gasteiger partial charge in [-0.1, -0.05) is 18.9 Å². The Bertz CT molecular complexity index is 720. The number of nitrogens with one attached hydrogen (secondary N) is 1. The third-order valence-electron chi connectivity index (χ3n) is 4.33. The molecule has 2 aromatic heterocycles. The van der Waals surface area contributed by atoms with Crippen molar-refractivity contribution in [2.45, 2.75) is 50.8 Å². The molecule has 1 atom stereocenters. The number of nitrogens with zero attached hydrogens (tertiary/aromatic N) is 2. The molecule has 0 saturated heterocycles. The lowest BCUT2D eigenvalue weighted by Crippen LogP contribution is -2.33. The summed E-state index contributed by atoms with van der Waals surface area (Å²) in [7, 11) is -1.06. The van der Waals surface area contributed by atoms with Crippen molar-refractivity contribution in [1.82, 2.24) is 14.7 Å². The molecule has 1 saturated carbocycles.